The lowest BCUT2D eigenvalue weighted by Gasteiger charge is -2.47. The van der Waals surface area contributed by atoms with Crippen LogP contribution in [0.5, 0.6) is 0 Å². The van der Waals surface area contributed by atoms with E-state index in [9.17, 15) is 4.79 Å². The lowest BCUT2D eigenvalue weighted by atomic mass is 9.84. The molecule has 1 aliphatic heterocycles. The van der Waals surface area contributed by atoms with Gasteiger partial charge in [-0.3, -0.25) is 4.79 Å². The predicted molar refractivity (Wildman–Crippen MR) is 76.5 cm³/mol. The molecule has 19 heavy (non-hydrogen) atoms. The Morgan fingerprint density at radius 2 is 2.11 bits per heavy atom. The number of rotatable bonds is 3. The fourth-order valence-electron chi connectivity index (χ4n) is 3.32. The Bertz CT molecular complexity index is 479. The largest absolute Gasteiger partial charge is 0.335 e. The average Bonchev–Trinajstić information content (AvgIpc) is 2.89. The summed E-state index contributed by atoms with van der Waals surface area (Å²) in [5, 5.41) is 0. The maximum absolute atomic E-state index is 12.4. The number of likely N-dealkylation sites (tertiary alicyclic amines) is 1. The van der Waals surface area contributed by atoms with Crippen LogP contribution in [0.15, 0.2) is 42.5 Å². The third-order valence-corrected chi connectivity index (χ3v) is 4.37. The summed E-state index contributed by atoms with van der Waals surface area (Å²) in [6.07, 6.45) is 7.37. The lowest BCUT2D eigenvalue weighted by molar-refractivity contribution is -0.144. The minimum absolute atomic E-state index is 0.291. The van der Waals surface area contributed by atoms with E-state index in [2.05, 4.69) is 48.2 Å². The maximum atomic E-state index is 12.4. The van der Waals surface area contributed by atoms with Crippen molar-refractivity contribution in [2.75, 3.05) is 6.54 Å². The Kier molecular flexibility index (Phi) is 3.41. The number of amides is 1. The Balaban J connectivity index is 1.67. The van der Waals surface area contributed by atoms with Gasteiger partial charge in [-0.25, -0.2) is 0 Å². The van der Waals surface area contributed by atoms with Crippen molar-refractivity contribution in [2.45, 2.75) is 32.2 Å². The van der Waals surface area contributed by atoms with E-state index < -0.39 is 0 Å². The molecule has 2 nitrogen and oxygen atoms in total. The molecule has 1 fully saturated rings. The number of carbonyl (C=O) groups excluding carboxylic acids is 1. The quantitative estimate of drug-likeness (QED) is 0.756. The first-order valence-corrected chi connectivity index (χ1v) is 7.27. The third kappa shape index (κ3) is 2.44. The first-order chi connectivity index (χ1) is 9.25. The van der Waals surface area contributed by atoms with Gasteiger partial charge in [-0.2, -0.15) is 0 Å². The molecule has 3 rings (SSSR count). The van der Waals surface area contributed by atoms with Gasteiger partial charge in [-0.05, 0) is 30.2 Å². The first-order valence-electron chi connectivity index (χ1n) is 7.27. The molecule has 1 saturated heterocycles. The Labute approximate surface area is 115 Å². The summed E-state index contributed by atoms with van der Waals surface area (Å²) in [6.45, 7) is 3.14. The van der Waals surface area contributed by atoms with Crippen molar-refractivity contribution in [3.05, 3.63) is 48.0 Å². The second-order valence-corrected chi connectivity index (χ2v) is 5.85. The summed E-state index contributed by atoms with van der Waals surface area (Å²) in [5.41, 5.74) is 1.27. The zero-order chi connectivity index (χ0) is 13.2. The van der Waals surface area contributed by atoms with Crippen molar-refractivity contribution in [2.24, 2.45) is 11.8 Å². The lowest BCUT2D eigenvalue weighted by Crippen LogP contribution is -2.51. The number of hydrogen-bond donors (Lipinski definition) is 0. The molecule has 0 radical (unpaired) electrons. The van der Waals surface area contributed by atoms with E-state index in [-0.39, 0.29) is 0 Å². The molecule has 1 aromatic carbocycles. The minimum atomic E-state index is 0.291. The zero-order valence-electron chi connectivity index (χ0n) is 11.5. The third-order valence-electron chi connectivity index (χ3n) is 4.37. The second kappa shape index (κ2) is 5.20. The molecule has 1 aromatic rings. The topological polar surface area (TPSA) is 20.3 Å². The standard InChI is InChI=1S/C17H21NO/c1-13-12-18(16(19)11-14-7-5-6-8-14)17(13)15-9-3-2-4-10-15/h2-5,7,9-10,13-14,17H,6,8,11-12H2,1H3/t13-,14-,17+/m1/s1. The summed E-state index contributed by atoms with van der Waals surface area (Å²) in [7, 11) is 0. The molecule has 1 heterocycles. The van der Waals surface area contributed by atoms with Crippen molar-refractivity contribution in [1.82, 2.24) is 4.90 Å². The van der Waals surface area contributed by atoms with Crippen molar-refractivity contribution >= 4 is 5.91 Å². The average molecular weight is 255 g/mol. The molecule has 2 aliphatic rings. The Morgan fingerprint density at radius 3 is 2.74 bits per heavy atom. The highest BCUT2D eigenvalue weighted by atomic mass is 16.2. The van der Waals surface area contributed by atoms with Crippen LogP contribution in [0.3, 0.4) is 0 Å². The van der Waals surface area contributed by atoms with Gasteiger partial charge in [0.2, 0.25) is 5.91 Å². The fraction of sp³-hybridized carbons (Fsp3) is 0.471. The molecular formula is C17H21NO. The smallest absolute Gasteiger partial charge is 0.223 e. The Morgan fingerprint density at radius 1 is 1.32 bits per heavy atom. The van der Waals surface area contributed by atoms with Gasteiger partial charge in [0.1, 0.15) is 0 Å². The highest BCUT2D eigenvalue weighted by molar-refractivity contribution is 5.78. The molecule has 1 aliphatic carbocycles. The van der Waals surface area contributed by atoms with E-state index in [0.29, 0.717) is 30.2 Å². The van der Waals surface area contributed by atoms with E-state index in [1.807, 2.05) is 6.07 Å². The number of nitrogens with zero attached hydrogens (tertiary/aromatic N) is 1. The Hall–Kier alpha value is -1.57. The second-order valence-electron chi connectivity index (χ2n) is 5.85. The van der Waals surface area contributed by atoms with Crippen molar-refractivity contribution in [1.29, 1.82) is 0 Å². The van der Waals surface area contributed by atoms with Gasteiger partial charge in [0.05, 0.1) is 6.04 Å². The number of allylic oxidation sites excluding steroid dienone is 2. The molecule has 2 heteroatoms. The van der Waals surface area contributed by atoms with Crippen LogP contribution in [0.1, 0.15) is 37.8 Å². The molecule has 0 bridgehead atoms. The van der Waals surface area contributed by atoms with Gasteiger partial charge in [-0.1, -0.05) is 49.4 Å². The van der Waals surface area contributed by atoms with Crippen LogP contribution in [-0.2, 0) is 4.79 Å². The van der Waals surface area contributed by atoms with E-state index in [4.69, 9.17) is 0 Å². The van der Waals surface area contributed by atoms with Gasteiger partial charge in [0.25, 0.3) is 0 Å². The van der Waals surface area contributed by atoms with Crippen LogP contribution in [0, 0.1) is 11.8 Å². The van der Waals surface area contributed by atoms with Gasteiger partial charge in [-0.15, -0.1) is 0 Å². The van der Waals surface area contributed by atoms with Crippen molar-refractivity contribution < 1.29 is 4.79 Å². The number of benzene rings is 1. The van der Waals surface area contributed by atoms with E-state index >= 15 is 0 Å². The van der Waals surface area contributed by atoms with Crippen molar-refractivity contribution in [3.8, 4) is 0 Å². The number of hydrogen-bond acceptors (Lipinski definition) is 1. The van der Waals surface area contributed by atoms with Crippen LogP contribution in [0.4, 0.5) is 0 Å². The summed E-state index contributed by atoms with van der Waals surface area (Å²) in [4.78, 5) is 14.5. The first kappa shape index (κ1) is 12.5. The highest BCUT2D eigenvalue weighted by Crippen LogP contribution is 2.39. The molecular weight excluding hydrogens is 234 g/mol. The normalized spacial score (nSPS) is 29.3. The maximum Gasteiger partial charge on any atom is 0.223 e. The molecule has 0 aromatic heterocycles. The minimum Gasteiger partial charge on any atom is -0.335 e. The molecule has 3 atom stereocenters. The monoisotopic (exact) mass is 255 g/mol. The van der Waals surface area contributed by atoms with Crippen LogP contribution >= 0.6 is 0 Å². The van der Waals surface area contributed by atoms with Gasteiger partial charge in [0.15, 0.2) is 0 Å². The van der Waals surface area contributed by atoms with Crippen LogP contribution in [0.25, 0.3) is 0 Å². The van der Waals surface area contributed by atoms with E-state index in [1.54, 1.807) is 0 Å². The summed E-state index contributed by atoms with van der Waals surface area (Å²) >= 11 is 0. The fourth-order valence-corrected chi connectivity index (χ4v) is 3.32. The van der Waals surface area contributed by atoms with Gasteiger partial charge in [0, 0.05) is 13.0 Å². The molecule has 100 valence electrons. The van der Waals surface area contributed by atoms with Crippen LogP contribution < -0.4 is 0 Å². The molecule has 0 spiro atoms. The van der Waals surface area contributed by atoms with Crippen LogP contribution in [-0.4, -0.2) is 17.4 Å². The summed E-state index contributed by atoms with van der Waals surface area (Å²) < 4.78 is 0. The van der Waals surface area contributed by atoms with E-state index in [0.717, 1.165) is 19.4 Å². The molecule has 1 amide bonds. The van der Waals surface area contributed by atoms with Crippen LogP contribution in [0.2, 0.25) is 0 Å². The zero-order valence-corrected chi connectivity index (χ0v) is 11.5. The summed E-state index contributed by atoms with van der Waals surface area (Å²) in [6, 6.07) is 10.7. The molecule has 0 unspecified atom stereocenters. The molecule has 0 saturated carbocycles. The van der Waals surface area contributed by atoms with Gasteiger partial charge < -0.3 is 4.90 Å². The van der Waals surface area contributed by atoms with Gasteiger partial charge >= 0.3 is 0 Å². The number of carbonyl (C=O) groups is 1. The molecule has 0 N–H and O–H groups in total. The predicted octanol–water partition coefficient (Wildman–Crippen LogP) is 3.56. The SMILES string of the molecule is C[C@@H]1CN(C(=O)C[C@@H]2C=CCC2)[C@@H]1c1ccccc1. The van der Waals surface area contributed by atoms with E-state index in [1.165, 1.54) is 5.56 Å². The highest BCUT2D eigenvalue weighted by Gasteiger charge is 2.39. The summed E-state index contributed by atoms with van der Waals surface area (Å²) in [5.74, 6) is 1.37. The van der Waals surface area contributed by atoms with Crippen molar-refractivity contribution in [3.63, 3.8) is 0 Å².